The summed E-state index contributed by atoms with van der Waals surface area (Å²) in [6.07, 6.45) is 3.17. The van der Waals surface area contributed by atoms with Gasteiger partial charge in [-0.2, -0.15) is 0 Å². The van der Waals surface area contributed by atoms with Gasteiger partial charge in [0.15, 0.2) is 0 Å². The van der Waals surface area contributed by atoms with Crippen LogP contribution in [-0.2, 0) is 0 Å². The van der Waals surface area contributed by atoms with Gasteiger partial charge in [-0.15, -0.1) is 0 Å². The molecule has 0 unspecified atom stereocenters. The topological polar surface area (TPSA) is 54.9 Å². The molecule has 1 heterocycles. The van der Waals surface area contributed by atoms with Crippen LogP contribution in [-0.4, -0.2) is 9.55 Å². The lowest BCUT2D eigenvalue weighted by atomic mass is 9.74. The summed E-state index contributed by atoms with van der Waals surface area (Å²) in [5.41, 5.74) is 0.205. The van der Waals surface area contributed by atoms with Crippen molar-refractivity contribution in [3.05, 3.63) is 45.1 Å². The predicted octanol–water partition coefficient (Wildman–Crippen LogP) is 3.32. The van der Waals surface area contributed by atoms with Crippen molar-refractivity contribution >= 4 is 10.9 Å². The molecule has 22 heavy (non-hydrogen) atoms. The van der Waals surface area contributed by atoms with Crippen LogP contribution >= 0.6 is 0 Å². The minimum atomic E-state index is -0.270. The van der Waals surface area contributed by atoms with Crippen molar-refractivity contribution in [1.29, 1.82) is 0 Å². The van der Waals surface area contributed by atoms with E-state index in [1.165, 1.54) is 11.0 Å². The zero-order valence-corrected chi connectivity index (χ0v) is 13.5. The number of aromatic amines is 1. The summed E-state index contributed by atoms with van der Waals surface area (Å²) in [4.78, 5) is 28.3. The molecule has 2 aromatic rings. The van der Waals surface area contributed by atoms with Crippen LogP contribution in [0.5, 0.6) is 0 Å². The van der Waals surface area contributed by atoms with Gasteiger partial charge < -0.3 is 4.98 Å². The van der Waals surface area contributed by atoms with Crippen LogP contribution in [0, 0.1) is 17.8 Å². The highest BCUT2D eigenvalue weighted by molar-refractivity contribution is 5.76. The lowest BCUT2D eigenvalue weighted by Crippen LogP contribution is -2.43. The van der Waals surface area contributed by atoms with Crippen molar-refractivity contribution in [3.63, 3.8) is 0 Å². The number of nitrogens with one attached hydrogen (secondary N) is 1. The van der Waals surface area contributed by atoms with Gasteiger partial charge in [0.2, 0.25) is 0 Å². The molecule has 0 radical (unpaired) electrons. The Hall–Kier alpha value is -1.84. The Morgan fingerprint density at radius 1 is 1.18 bits per heavy atom. The van der Waals surface area contributed by atoms with Crippen LogP contribution in [0.3, 0.4) is 0 Å². The fourth-order valence-electron chi connectivity index (χ4n) is 3.93. The summed E-state index contributed by atoms with van der Waals surface area (Å²) in [6.45, 7) is 6.59. The van der Waals surface area contributed by atoms with Crippen LogP contribution in [0.15, 0.2) is 33.9 Å². The molecular weight excluding hydrogens is 276 g/mol. The summed E-state index contributed by atoms with van der Waals surface area (Å²) < 4.78 is 1.49. The van der Waals surface area contributed by atoms with Crippen LogP contribution in [0.4, 0.5) is 0 Å². The van der Waals surface area contributed by atoms with E-state index in [4.69, 9.17) is 0 Å². The third-order valence-corrected chi connectivity index (χ3v) is 5.16. The van der Waals surface area contributed by atoms with Crippen LogP contribution in [0.2, 0.25) is 0 Å². The summed E-state index contributed by atoms with van der Waals surface area (Å²) in [5, 5.41) is 0.600. The van der Waals surface area contributed by atoms with E-state index in [0.717, 1.165) is 12.8 Å². The zero-order valence-electron chi connectivity index (χ0n) is 13.5. The van der Waals surface area contributed by atoms with Gasteiger partial charge in [0.25, 0.3) is 5.56 Å². The highest BCUT2D eigenvalue weighted by Gasteiger charge is 2.33. The molecule has 1 aliphatic rings. The van der Waals surface area contributed by atoms with E-state index in [1.807, 2.05) is 12.1 Å². The van der Waals surface area contributed by atoms with Crippen molar-refractivity contribution < 1.29 is 0 Å². The molecular formula is C18H24N2O2. The first-order valence-corrected chi connectivity index (χ1v) is 8.22. The van der Waals surface area contributed by atoms with Crippen molar-refractivity contribution in [2.75, 3.05) is 0 Å². The van der Waals surface area contributed by atoms with Gasteiger partial charge in [0.1, 0.15) is 0 Å². The summed E-state index contributed by atoms with van der Waals surface area (Å²) >= 11 is 0. The van der Waals surface area contributed by atoms with E-state index in [2.05, 4.69) is 25.8 Å². The van der Waals surface area contributed by atoms with Crippen molar-refractivity contribution in [3.8, 4) is 0 Å². The minimum Gasteiger partial charge on any atom is -0.307 e. The Morgan fingerprint density at radius 2 is 1.91 bits per heavy atom. The number of hydrogen-bond acceptors (Lipinski definition) is 2. The third-order valence-electron chi connectivity index (χ3n) is 5.16. The predicted molar refractivity (Wildman–Crippen MR) is 89.2 cm³/mol. The number of benzene rings is 1. The molecule has 1 N–H and O–H groups in total. The molecule has 0 amide bonds. The quantitative estimate of drug-likeness (QED) is 0.925. The number of para-hydroxylation sites is 1. The number of rotatable bonds is 2. The number of nitrogens with zero attached hydrogens (tertiary/aromatic N) is 1. The van der Waals surface area contributed by atoms with Crippen molar-refractivity contribution in [2.45, 2.75) is 46.1 Å². The molecule has 1 aromatic carbocycles. The second-order valence-electron chi connectivity index (χ2n) is 7.04. The number of hydrogen-bond donors (Lipinski definition) is 1. The maximum atomic E-state index is 12.9. The fraction of sp³-hybridized carbons (Fsp3) is 0.556. The SMILES string of the molecule is CC(C)[C@H]1CC[C@@H](C)C[C@H]1n1c(=O)[nH]c2ccccc2c1=O. The Balaban J connectivity index is 2.19. The molecule has 0 saturated heterocycles. The van der Waals surface area contributed by atoms with E-state index >= 15 is 0 Å². The van der Waals surface area contributed by atoms with Crippen LogP contribution < -0.4 is 11.2 Å². The molecule has 3 rings (SSSR count). The van der Waals surface area contributed by atoms with Gasteiger partial charge in [0.05, 0.1) is 10.9 Å². The van der Waals surface area contributed by atoms with Crippen molar-refractivity contribution in [1.82, 2.24) is 9.55 Å². The monoisotopic (exact) mass is 300 g/mol. The molecule has 4 heteroatoms. The maximum absolute atomic E-state index is 12.9. The first-order chi connectivity index (χ1) is 10.5. The molecule has 118 valence electrons. The molecule has 1 aromatic heterocycles. The second kappa shape index (κ2) is 5.75. The minimum absolute atomic E-state index is 0.00426. The number of aromatic nitrogens is 2. The molecule has 1 aliphatic carbocycles. The van der Waals surface area contributed by atoms with Crippen LogP contribution in [0.25, 0.3) is 10.9 Å². The van der Waals surface area contributed by atoms with Gasteiger partial charge in [0, 0.05) is 6.04 Å². The molecule has 1 fully saturated rings. The van der Waals surface area contributed by atoms with E-state index in [0.29, 0.717) is 28.7 Å². The largest absolute Gasteiger partial charge is 0.329 e. The molecule has 4 nitrogen and oxygen atoms in total. The fourth-order valence-corrected chi connectivity index (χ4v) is 3.93. The Bertz CT molecular complexity index is 788. The Morgan fingerprint density at radius 3 is 2.64 bits per heavy atom. The smallest absolute Gasteiger partial charge is 0.307 e. The van der Waals surface area contributed by atoms with Gasteiger partial charge >= 0.3 is 5.69 Å². The average molecular weight is 300 g/mol. The number of H-pyrrole nitrogens is 1. The van der Waals surface area contributed by atoms with Gasteiger partial charge in [-0.3, -0.25) is 9.36 Å². The lowest BCUT2D eigenvalue weighted by molar-refractivity contribution is 0.143. The van der Waals surface area contributed by atoms with Crippen molar-refractivity contribution in [2.24, 2.45) is 17.8 Å². The summed E-state index contributed by atoms with van der Waals surface area (Å²) in [5.74, 6) is 1.41. The van der Waals surface area contributed by atoms with E-state index in [-0.39, 0.29) is 17.3 Å². The lowest BCUT2D eigenvalue weighted by Gasteiger charge is -2.37. The van der Waals surface area contributed by atoms with Gasteiger partial charge in [-0.1, -0.05) is 39.3 Å². The van der Waals surface area contributed by atoms with E-state index in [1.54, 1.807) is 12.1 Å². The molecule has 0 bridgehead atoms. The van der Waals surface area contributed by atoms with Crippen LogP contribution in [0.1, 0.15) is 46.1 Å². The molecule has 0 spiro atoms. The highest BCUT2D eigenvalue weighted by atomic mass is 16.2. The van der Waals surface area contributed by atoms with Gasteiger partial charge in [-0.25, -0.2) is 4.79 Å². The summed E-state index contributed by atoms with van der Waals surface area (Å²) in [6, 6.07) is 7.26. The van der Waals surface area contributed by atoms with E-state index in [9.17, 15) is 9.59 Å². The average Bonchev–Trinajstić information content (AvgIpc) is 2.47. The number of fused-ring (bicyclic) bond motifs is 1. The summed E-state index contributed by atoms with van der Waals surface area (Å²) in [7, 11) is 0. The Labute approximate surface area is 130 Å². The first-order valence-electron chi connectivity index (χ1n) is 8.22. The second-order valence-corrected chi connectivity index (χ2v) is 7.04. The Kier molecular flexibility index (Phi) is 3.94. The van der Waals surface area contributed by atoms with Gasteiger partial charge in [-0.05, 0) is 42.7 Å². The standard InChI is InChI=1S/C18H24N2O2/c1-11(2)13-9-8-12(3)10-16(13)20-17(21)14-6-4-5-7-15(14)19-18(20)22/h4-7,11-13,16H,8-10H2,1-3H3,(H,19,22)/t12-,13-,16-/m1/s1. The molecule has 1 saturated carbocycles. The third kappa shape index (κ3) is 2.51. The normalized spacial score (nSPS) is 25.7. The highest BCUT2D eigenvalue weighted by Crippen LogP contribution is 2.39. The molecule has 3 atom stereocenters. The first kappa shape index (κ1) is 15.1. The molecule has 0 aliphatic heterocycles. The maximum Gasteiger partial charge on any atom is 0.329 e. The zero-order chi connectivity index (χ0) is 15.9. The van der Waals surface area contributed by atoms with E-state index < -0.39 is 0 Å².